The molecule has 0 heterocycles. The van der Waals surface area contributed by atoms with Crippen LogP contribution in [0, 0.1) is 5.82 Å². The molecule has 2 rings (SSSR count). The number of halogens is 1. The Labute approximate surface area is 116 Å². The number of benzene rings is 2. The Kier molecular flexibility index (Phi) is 4.60. The van der Waals surface area contributed by atoms with Crippen molar-refractivity contribution < 1.29 is 18.7 Å². The maximum Gasteiger partial charge on any atom is 0.166 e. The van der Waals surface area contributed by atoms with Gasteiger partial charge in [0.2, 0.25) is 0 Å². The molecular formula is C16H13FO3. The van der Waals surface area contributed by atoms with Crippen LogP contribution in [0.25, 0.3) is 0 Å². The van der Waals surface area contributed by atoms with Crippen LogP contribution in [0.1, 0.15) is 27.1 Å². The topological polar surface area (TPSA) is 43.4 Å². The minimum atomic E-state index is -0.543. The van der Waals surface area contributed by atoms with E-state index in [0.29, 0.717) is 11.8 Å². The minimum Gasteiger partial charge on any atom is -0.493 e. The summed E-state index contributed by atoms with van der Waals surface area (Å²) in [5.74, 6) is -0.343. The Morgan fingerprint density at radius 3 is 2.60 bits per heavy atom. The molecule has 0 saturated carbocycles. The average molecular weight is 272 g/mol. The van der Waals surface area contributed by atoms with Crippen LogP contribution < -0.4 is 4.74 Å². The third-order valence-corrected chi connectivity index (χ3v) is 2.72. The molecule has 0 unspecified atom stereocenters. The number of hydrogen-bond donors (Lipinski definition) is 0. The second-order valence-corrected chi connectivity index (χ2v) is 4.23. The van der Waals surface area contributed by atoms with Crippen molar-refractivity contribution in [2.75, 3.05) is 6.61 Å². The lowest BCUT2D eigenvalue weighted by Gasteiger charge is -2.06. The number of hydrogen-bond acceptors (Lipinski definition) is 3. The molecule has 2 aromatic rings. The Morgan fingerprint density at radius 2 is 1.90 bits per heavy atom. The van der Waals surface area contributed by atoms with E-state index in [1.54, 1.807) is 24.3 Å². The van der Waals surface area contributed by atoms with Gasteiger partial charge in [0.1, 0.15) is 17.9 Å². The van der Waals surface area contributed by atoms with Gasteiger partial charge in [-0.15, -0.1) is 0 Å². The number of aldehydes is 1. The van der Waals surface area contributed by atoms with E-state index < -0.39 is 5.82 Å². The first-order valence-electron chi connectivity index (χ1n) is 6.16. The number of ether oxygens (including phenoxy) is 1. The van der Waals surface area contributed by atoms with E-state index in [1.807, 2.05) is 6.07 Å². The molecule has 0 atom stereocenters. The largest absolute Gasteiger partial charge is 0.493 e. The standard InChI is InChI=1S/C16H13FO3/c17-14-8-12(11-18)9-15(10-14)20-7-6-16(19)13-4-2-1-3-5-13/h1-5,8-11H,6-7H2. The maximum absolute atomic E-state index is 13.2. The van der Waals surface area contributed by atoms with Gasteiger partial charge in [0.05, 0.1) is 6.61 Å². The molecule has 0 saturated heterocycles. The van der Waals surface area contributed by atoms with Gasteiger partial charge in [-0.1, -0.05) is 30.3 Å². The Morgan fingerprint density at radius 1 is 1.15 bits per heavy atom. The number of ketones is 1. The maximum atomic E-state index is 13.2. The van der Waals surface area contributed by atoms with Crippen molar-refractivity contribution in [1.82, 2.24) is 0 Å². The van der Waals surface area contributed by atoms with Gasteiger partial charge in [0.25, 0.3) is 0 Å². The summed E-state index contributed by atoms with van der Waals surface area (Å²) in [6, 6.07) is 12.6. The van der Waals surface area contributed by atoms with Gasteiger partial charge in [-0.2, -0.15) is 0 Å². The zero-order valence-electron chi connectivity index (χ0n) is 10.7. The number of carbonyl (C=O) groups excluding carboxylic acids is 2. The van der Waals surface area contributed by atoms with Crippen LogP contribution in [0.2, 0.25) is 0 Å². The first-order valence-corrected chi connectivity index (χ1v) is 6.16. The van der Waals surface area contributed by atoms with Crippen LogP contribution in [0.5, 0.6) is 5.75 Å². The minimum absolute atomic E-state index is 0.0439. The highest BCUT2D eigenvalue weighted by atomic mass is 19.1. The summed E-state index contributed by atoms with van der Waals surface area (Å²) in [5.41, 5.74) is 0.818. The highest BCUT2D eigenvalue weighted by Gasteiger charge is 2.06. The van der Waals surface area contributed by atoms with Gasteiger partial charge in [0.15, 0.2) is 5.78 Å². The number of carbonyl (C=O) groups is 2. The van der Waals surface area contributed by atoms with Crippen molar-refractivity contribution in [1.29, 1.82) is 0 Å². The highest BCUT2D eigenvalue weighted by molar-refractivity contribution is 5.96. The monoisotopic (exact) mass is 272 g/mol. The lowest BCUT2D eigenvalue weighted by atomic mass is 10.1. The third kappa shape index (κ3) is 3.75. The van der Waals surface area contributed by atoms with E-state index in [-0.39, 0.29) is 30.1 Å². The smallest absolute Gasteiger partial charge is 0.166 e. The van der Waals surface area contributed by atoms with Crippen molar-refractivity contribution in [3.05, 3.63) is 65.5 Å². The van der Waals surface area contributed by atoms with Crippen molar-refractivity contribution in [2.24, 2.45) is 0 Å². The first-order chi connectivity index (χ1) is 9.69. The molecular weight excluding hydrogens is 259 g/mol. The van der Waals surface area contributed by atoms with Gasteiger partial charge in [-0.05, 0) is 12.1 Å². The summed E-state index contributed by atoms with van der Waals surface area (Å²) in [5, 5.41) is 0. The summed E-state index contributed by atoms with van der Waals surface area (Å²) < 4.78 is 18.5. The average Bonchev–Trinajstić information content (AvgIpc) is 2.47. The Bertz CT molecular complexity index is 608. The zero-order chi connectivity index (χ0) is 14.4. The molecule has 0 aliphatic heterocycles. The molecule has 0 spiro atoms. The molecule has 0 aliphatic carbocycles. The lowest BCUT2D eigenvalue weighted by molar-refractivity contribution is 0.0961. The number of Topliss-reactive ketones (excluding diaryl/α,β-unsaturated/α-hetero) is 1. The molecule has 0 N–H and O–H groups in total. The molecule has 0 radical (unpaired) electrons. The second kappa shape index (κ2) is 6.61. The van der Waals surface area contributed by atoms with Crippen LogP contribution in [0.4, 0.5) is 4.39 Å². The summed E-state index contributed by atoms with van der Waals surface area (Å²) in [4.78, 5) is 22.4. The van der Waals surface area contributed by atoms with Crippen LogP contribution in [-0.4, -0.2) is 18.7 Å². The second-order valence-electron chi connectivity index (χ2n) is 4.23. The normalized spacial score (nSPS) is 10.1. The SMILES string of the molecule is O=Cc1cc(F)cc(OCCC(=O)c2ccccc2)c1. The van der Waals surface area contributed by atoms with Gasteiger partial charge in [0, 0.05) is 23.6 Å². The molecule has 0 fully saturated rings. The van der Waals surface area contributed by atoms with Gasteiger partial charge in [-0.3, -0.25) is 9.59 Å². The van der Waals surface area contributed by atoms with Gasteiger partial charge >= 0.3 is 0 Å². The van der Waals surface area contributed by atoms with E-state index in [4.69, 9.17) is 4.74 Å². The first kappa shape index (κ1) is 13.9. The lowest BCUT2D eigenvalue weighted by Crippen LogP contribution is -2.07. The molecule has 20 heavy (non-hydrogen) atoms. The predicted molar refractivity (Wildman–Crippen MR) is 72.7 cm³/mol. The molecule has 0 bridgehead atoms. The van der Waals surface area contributed by atoms with Crippen LogP contribution in [0.3, 0.4) is 0 Å². The van der Waals surface area contributed by atoms with E-state index >= 15 is 0 Å². The van der Waals surface area contributed by atoms with E-state index in [0.717, 1.165) is 6.07 Å². The van der Waals surface area contributed by atoms with Crippen LogP contribution in [0.15, 0.2) is 48.5 Å². The summed E-state index contributed by atoms with van der Waals surface area (Å²) >= 11 is 0. The van der Waals surface area contributed by atoms with E-state index in [2.05, 4.69) is 0 Å². The van der Waals surface area contributed by atoms with Crippen LogP contribution >= 0.6 is 0 Å². The van der Waals surface area contributed by atoms with Crippen molar-refractivity contribution in [3.63, 3.8) is 0 Å². The van der Waals surface area contributed by atoms with E-state index in [9.17, 15) is 14.0 Å². The van der Waals surface area contributed by atoms with Crippen molar-refractivity contribution in [2.45, 2.75) is 6.42 Å². The molecule has 0 aromatic heterocycles. The summed E-state index contributed by atoms with van der Waals surface area (Å²) in [6.45, 7) is 0.134. The molecule has 2 aromatic carbocycles. The number of rotatable bonds is 6. The molecule has 4 heteroatoms. The quantitative estimate of drug-likeness (QED) is 0.598. The molecule has 0 amide bonds. The zero-order valence-corrected chi connectivity index (χ0v) is 10.7. The van der Waals surface area contributed by atoms with Crippen LogP contribution in [-0.2, 0) is 0 Å². The Hall–Kier alpha value is -2.49. The van der Waals surface area contributed by atoms with Gasteiger partial charge in [-0.25, -0.2) is 4.39 Å². The fourth-order valence-electron chi connectivity index (χ4n) is 1.77. The predicted octanol–water partition coefficient (Wildman–Crippen LogP) is 3.29. The van der Waals surface area contributed by atoms with Gasteiger partial charge < -0.3 is 4.74 Å². The van der Waals surface area contributed by atoms with Crippen molar-refractivity contribution >= 4 is 12.1 Å². The van der Waals surface area contributed by atoms with Crippen molar-refractivity contribution in [3.8, 4) is 5.75 Å². The fourth-order valence-corrected chi connectivity index (χ4v) is 1.77. The Balaban J connectivity index is 1.91. The molecule has 102 valence electrons. The molecule has 0 aliphatic rings. The summed E-state index contributed by atoms with van der Waals surface area (Å²) in [6.07, 6.45) is 0.738. The third-order valence-electron chi connectivity index (χ3n) is 2.72. The highest BCUT2D eigenvalue weighted by Crippen LogP contribution is 2.16. The summed E-state index contributed by atoms with van der Waals surface area (Å²) in [7, 11) is 0. The fraction of sp³-hybridized carbons (Fsp3) is 0.125. The molecule has 3 nitrogen and oxygen atoms in total. The van der Waals surface area contributed by atoms with E-state index in [1.165, 1.54) is 12.1 Å².